The second kappa shape index (κ2) is 8.53. The van der Waals surface area contributed by atoms with E-state index in [1.165, 1.54) is 24.3 Å². The summed E-state index contributed by atoms with van der Waals surface area (Å²) in [5.74, 6) is -0.185. The molecule has 5 nitrogen and oxygen atoms in total. The fraction of sp³-hybridized carbons (Fsp3) is 0.250. The number of rotatable bonds is 4. The van der Waals surface area contributed by atoms with Crippen molar-refractivity contribution in [3.05, 3.63) is 72.0 Å². The van der Waals surface area contributed by atoms with E-state index >= 15 is 0 Å². The minimum Gasteiger partial charge on any atom is -0.496 e. The first-order valence-electron chi connectivity index (χ1n) is 9.98. The Morgan fingerprint density at radius 3 is 2.50 bits per heavy atom. The molecule has 0 saturated carbocycles. The number of hydrogen-bond acceptors (Lipinski definition) is 3. The zero-order valence-corrected chi connectivity index (χ0v) is 16.7. The van der Waals surface area contributed by atoms with Gasteiger partial charge >= 0.3 is 0 Å². The number of carbonyl (C=O) groups excluding carboxylic acids is 2. The van der Waals surface area contributed by atoms with Gasteiger partial charge in [-0.15, -0.1) is 0 Å². The lowest BCUT2D eigenvalue weighted by Crippen LogP contribution is -2.43. The van der Waals surface area contributed by atoms with Gasteiger partial charge in [0, 0.05) is 29.7 Å². The molecule has 6 heteroatoms. The van der Waals surface area contributed by atoms with Crippen LogP contribution in [0.3, 0.4) is 0 Å². The van der Waals surface area contributed by atoms with Crippen molar-refractivity contribution in [1.82, 2.24) is 4.90 Å². The molecule has 1 heterocycles. The van der Waals surface area contributed by atoms with Gasteiger partial charge in [-0.1, -0.05) is 24.3 Å². The summed E-state index contributed by atoms with van der Waals surface area (Å²) in [5, 5.41) is 4.54. The molecule has 1 aliphatic rings. The first kappa shape index (κ1) is 19.9. The highest BCUT2D eigenvalue weighted by atomic mass is 19.1. The second-order valence-corrected chi connectivity index (χ2v) is 7.45. The molecule has 3 aromatic carbocycles. The monoisotopic (exact) mass is 406 g/mol. The lowest BCUT2D eigenvalue weighted by molar-refractivity contribution is -0.121. The van der Waals surface area contributed by atoms with Gasteiger partial charge in [0.2, 0.25) is 5.91 Å². The Morgan fingerprint density at radius 1 is 1.03 bits per heavy atom. The number of hydrogen-bond donors (Lipinski definition) is 1. The van der Waals surface area contributed by atoms with Gasteiger partial charge in [0.15, 0.2) is 0 Å². The summed E-state index contributed by atoms with van der Waals surface area (Å²) in [6, 6.07) is 16.9. The summed E-state index contributed by atoms with van der Waals surface area (Å²) < 4.78 is 18.5. The molecular weight excluding hydrogens is 383 g/mol. The predicted molar refractivity (Wildman–Crippen MR) is 114 cm³/mol. The molecule has 0 aliphatic carbocycles. The van der Waals surface area contributed by atoms with Crippen LogP contribution in [0.5, 0.6) is 5.75 Å². The molecule has 4 rings (SSSR count). The van der Waals surface area contributed by atoms with Crippen molar-refractivity contribution >= 4 is 28.3 Å². The van der Waals surface area contributed by atoms with E-state index in [-0.39, 0.29) is 23.5 Å². The maximum Gasteiger partial charge on any atom is 0.254 e. The van der Waals surface area contributed by atoms with Gasteiger partial charge < -0.3 is 15.0 Å². The molecule has 0 radical (unpaired) electrons. The molecule has 1 N–H and O–H groups in total. The summed E-state index contributed by atoms with van der Waals surface area (Å²) in [4.78, 5) is 27.7. The summed E-state index contributed by atoms with van der Waals surface area (Å²) in [7, 11) is 1.61. The number of halogens is 1. The fourth-order valence-electron chi connectivity index (χ4n) is 3.96. The molecule has 2 amide bonds. The van der Waals surface area contributed by atoms with E-state index < -0.39 is 0 Å². The molecule has 1 saturated heterocycles. The van der Waals surface area contributed by atoms with E-state index in [1.807, 2.05) is 24.3 Å². The van der Waals surface area contributed by atoms with E-state index in [1.54, 1.807) is 24.1 Å². The van der Waals surface area contributed by atoms with Crippen molar-refractivity contribution in [2.24, 2.45) is 5.92 Å². The second-order valence-electron chi connectivity index (χ2n) is 7.45. The summed E-state index contributed by atoms with van der Waals surface area (Å²) in [6.45, 7) is 0.964. The Morgan fingerprint density at radius 2 is 1.77 bits per heavy atom. The Hall–Kier alpha value is -3.41. The number of fused-ring (bicyclic) bond motifs is 1. The van der Waals surface area contributed by atoms with Gasteiger partial charge in [0.1, 0.15) is 11.6 Å². The van der Waals surface area contributed by atoms with Crippen LogP contribution in [0.4, 0.5) is 10.1 Å². The maximum absolute atomic E-state index is 13.3. The van der Waals surface area contributed by atoms with E-state index in [0.29, 0.717) is 30.8 Å². The predicted octanol–water partition coefficient (Wildman–Crippen LogP) is 4.48. The van der Waals surface area contributed by atoms with Gasteiger partial charge in [0.05, 0.1) is 13.0 Å². The minimum absolute atomic E-state index is 0.0897. The quantitative estimate of drug-likeness (QED) is 0.695. The molecule has 1 aliphatic heterocycles. The summed E-state index contributed by atoms with van der Waals surface area (Å²) in [5.41, 5.74) is 1.15. The van der Waals surface area contributed by atoms with E-state index in [2.05, 4.69) is 5.32 Å². The molecule has 0 spiro atoms. The molecule has 1 fully saturated rings. The number of amides is 2. The topological polar surface area (TPSA) is 58.6 Å². The van der Waals surface area contributed by atoms with Crippen LogP contribution in [-0.4, -0.2) is 36.9 Å². The van der Waals surface area contributed by atoms with Crippen LogP contribution >= 0.6 is 0 Å². The van der Waals surface area contributed by atoms with Crippen molar-refractivity contribution in [3.63, 3.8) is 0 Å². The maximum atomic E-state index is 13.3. The minimum atomic E-state index is -0.353. The molecule has 1 unspecified atom stereocenters. The lowest BCUT2D eigenvalue weighted by atomic mass is 9.95. The number of methoxy groups -OCH3 is 1. The normalized spacial score (nSPS) is 16.3. The van der Waals surface area contributed by atoms with Crippen LogP contribution < -0.4 is 10.1 Å². The third-order valence-corrected chi connectivity index (χ3v) is 5.53. The number of carbonyl (C=O) groups is 2. The highest BCUT2D eigenvalue weighted by molar-refractivity contribution is 6.08. The van der Waals surface area contributed by atoms with Crippen molar-refractivity contribution in [2.45, 2.75) is 12.8 Å². The number of piperidine rings is 1. The van der Waals surface area contributed by atoms with Crippen LogP contribution in [0.2, 0.25) is 0 Å². The number of benzene rings is 3. The molecule has 0 aromatic heterocycles. The van der Waals surface area contributed by atoms with Crippen molar-refractivity contribution in [2.75, 3.05) is 25.5 Å². The van der Waals surface area contributed by atoms with Crippen LogP contribution in [0.25, 0.3) is 10.8 Å². The van der Waals surface area contributed by atoms with Crippen molar-refractivity contribution in [3.8, 4) is 5.75 Å². The Kier molecular flexibility index (Phi) is 5.65. The van der Waals surface area contributed by atoms with Gasteiger partial charge in [-0.25, -0.2) is 4.39 Å². The molecule has 3 aromatic rings. The Labute approximate surface area is 174 Å². The molecular formula is C24H23FN2O3. The van der Waals surface area contributed by atoms with Gasteiger partial charge in [0.25, 0.3) is 5.91 Å². The van der Waals surface area contributed by atoms with Crippen LogP contribution in [-0.2, 0) is 4.79 Å². The van der Waals surface area contributed by atoms with Crippen LogP contribution in [0.1, 0.15) is 23.2 Å². The number of anilines is 1. The Balaban J connectivity index is 1.52. The third-order valence-electron chi connectivity index (χ3n) is 5.53. The number of nitrogens with one attached hydrogen (secondary N) is 1. The first-order valence-corrected chi connectivity index (χ1v) is 9.98. The van der Waals surface area contributed by atoms with Gasteiger partial charge in [-0.3, -0.25) is 9.59 Å². The Bertz CT molecular complexity index is 1080. The SMILES string of the molecule is COc1ccc(C(=O)N2CCCC(C(=O)Nc3ccc(F)cc3)C2)c2ccccc12. The molecule has 1 atom stereocenters. The number of nitrogens with zero attached hydrogens (tertiary/aromatic N) is 1. The molecule has 0 bridgehead atoms. The molecule has 30 heavy (non-hydrogen) atoms. The smallest absolute Gasteiger partial charge is 0.254 e. The zero-order chi connectivity index (χ0) is 21.1. The first-order chi connectivity index (χ1) is 14.6. The van der Waals surface area contributed by atoms with Gasteiger partial charge in [-0.05, 0) is 54.6 Å². The van der Waals surface area contributed by atoms with E-state index in [4.69, 9.17) is 4.74 Å². The summed E-state index contributed by atoms with van der Waals surface area (Å²) >= 11 is 0. The highest BCUT2D eigenvalue weighted by Gasteiger charge is 2.29. The third kappa shape index (κ3) is 3.99. The van der Waals surface area contributed by atoms with Crippen molar-refractivity contribution in [1.29, 1.82) is 0 Å². The van der Waals surface area contributed by atoms with E-state index in [9.17, 15) is 14.0 Å². The average Bonchev–Trinajstić information content (AvgIpc) is 2.79. The molecule has 154 valence electrons. The largest absolute Gasteiger partial charge is 0.496 e. The zero-order valence-electron chi connectivity index (χ0n) is 16.7. The van der Waals surface area contributed by atoms with Crippen LogP contribution in [0.15, 0.2) is 60.7 Å². The average molecular weight is 406 g/mol. The lowest BCUT2D eigenvalue weighted by Gasteiger charge is -2.32. The standard InChI is InChI=1S/C24H23FN2O3/c1-30-22-13-12-21(19-6-2-3-7-20(19)22)24(29)27-14-4-5-16(15-27)23(28)26-18-10-8-17(25)9-11-18/h2-3,6-13,16H,4-5,14-15H2,1H3,(H,26,28). The number of ether oxygens (including phenoxy) is 1. The van der Waals surface area contributed by atoms with Crippen LogP contribution in [0, 0.1) is 11.7 Å². The highest BCUT2D eigenvalue weighted by Crippen LogP contribution is 2.30. The van der Waals surface area contributed by atoms with Crippen molar-refractivity contribution < 1.29 is 18.7 Å². The van der Waals surface area contributed by atoms with E-state index in [0.717, 1.165) is 22.9 Å². The summed E-state index contributed by atoms with van der Waals surface area (Å²) in [6.07, 6.45) is 1.46. The number of likely N-dealkylation sites (tertiary alicyclic amines) is 1. The fourth-order valence-corrected chi connectivity index (χ4v) is 3.96. The van der Waals surface area contributed by atoms with Gasteiger partial charge in [-0.2, -0.15) is 0 Å².